The van der Waals surface area contributed by atoms with Gasteiger partial charge in [-0.25, -0.2) is 4.79 Å². The van der Waals surface area contributed by atoms with Gasteiger partial charge in [-0.15, -0.1) is 0 Å². The molecule has 0 aliphatic heterocycles. The van der Waals surface area contributed by atoms with Gasteiger partial charge >= 0.3 is 6.03 Å². The highest BCUT2D eigenvalue weighted by Gasteiger charge is 2.14. The van der Waals surface area contributed by atoms with E-state index < -0.39 is 0 Å². The van der Waals surface area contributed by atoms with Crippen molar-refractivity contribution < 1.29 is 4.79 Å². The number of nitrogens with zero attached hydrogens (tertiary/aromatic N) is 2. The van der Waals surface area contributed by atoms with Crippen molar-refractivity contribution >= 4 is 11.7 Å². The third-order valence-corrected chi connectivity index (χ3v) is 3.79. The Morgan fingerprint density at radius 1 is 0.958 bits per heavy atom. The molecule has 2 amide bonds. The average molecular weight is 325 g/mol. The number of rotatable bonds is 6. The summed E-state index contributed by atoms with van der Waals surface area (Å²) in [5.41, 5.74) is 4.27. The summed E-state index contributed by atoms with van der Waals surface area (Å²) in [5.74, 6) is 0. The van der Waals surface area contributed by atoms with Gasteiger partial charge in [0.15, 0.2) is 0 Å². The molecule has 1 N–H and O–H groups in total. The van der Waals surface area contributed by atoms with Crippen molar-refractivity contribution in [1.29, 1.82) is 0 Å². The highest BCUT2D eigenvalue weighted by molar-refractivity contribution is 5.89. The van der Waals surface area contributed by atoms with E-state index in [2.05, 4.69) is 16.3 Å². The first-order chi connectivity index (χ1) is 11.4. The minimum absolute atomic E-state index is 0.0642. The van der Waals surface area contributed by atoms with Crippen molar-refractivity contribution in [3.05, 3.63) is 65.2 Å². The first kappa shape index (κ1) is 18.0. The van der Waals surface area contributed by atoms with Gasteiger partial charge < -0.3 is 15.1 Å². The Morgan fingerprint density at radius 2 is 1.58 bits per heavy atom. The van der Waals surface area contributed by atoms with Crippen molar-refractivity contribution in [2.45, 2.75) is 20.4 Å². The van der Waals surface area contributed by atoms with E-state index >= 15 is 0 Å². The number of likely N-dealkylation sites (N-methyl/N-ethyl adjacent to an activating group) is 1. The lowest BCUT2D eigenvalue weighted by Gasteiger charge is -2.25. The molecule has 0 saturated carbocycles. The molecule has 0 saturated heterocycles. The predicted octanol–water partition coefficient (Wildman–Crippen LogP) is 3.90. The lowest BCUT2D eigenvalue weighted by molar-refractivity contribution is 0.202. The minimum Gasteiger partial charge on any atom is -0.319 e. The first-order valence-corrected chi connectivity index (χ1v) is 8.27. The number of aryl methyl sites for hydroxylation is 2. The number of carbonyl (C=O) groups is 1. The van der Waals surface area contributed by atoms with Crippen LogP contribution in [-0.2, 0) is 6.54 Å². The molecule has 0 fully saturated rings. The van der Waals surface area contributed by atoms with Gasteiger partial charge in [-0.2, -0.15) is 0 Å². The number of amides is 2. The van der Waals surface area contributed by atoms with Gasteiger partial charge in [0.2, 0.25) is 0 Å². The van der Waals surface area contributed by atoms with E-state index in [-0.39, 0.29) is 6.03 Å². The Hall–Kier alpha value is -2.33. The van der Waals surface area contributed by atoms with Crippen LogP contribution in [0.1, 0.15) is 16.7 Å². The fraction of sp³-hybridized carbons (Fsp3) is 0.350. The smallest absolute Gasteiger partial charge is 0.319 e. The van der Waals surface area contributed by atoms with Crippen LogP contribution in [0.2, 0.25) is 0 Å². The fourth-order valence-corrected chi connectivity index (χ4v) is 2.63. The van der Waals surface area contributed by atoms with E-state index in [1.165, 1.54) is 0 Å². The molecule has 0 aromatic heterocycles. The van der Waals surface area contributed by atoms with Crippen molar-refractivity contribution in [3.8, 4) is 0 Å². The maximum atomic E-state index is 12.7. The minimum atomic E-state index is -0.0642. The van der Waals surface area contributed by atoms with Crippen molar-refractivity contribution in [2.24, 2.45) is 0 Å². The molecule has 4 heteroatoms. The number of anilines is 1. The molecule has 2 aromatic rings. The standard InChI is InChI=1S/C20H27N3O/c1-16-12-17(2)14-19(13-16)21-20(24)23(11-10-22(3)4)15-18-8-6-5-7-9-18/h5-9,12-14H,10-11,15H2,1-4H3,(H,21,24). The average Bonchev–Trinajstić information content (AvgIpc) is 2.51. The number of hydrogen-bond acceptors (Lipinski definition) is 2. The van der Waals surface area contributed by atoms with Crippen molar-refractivity contribution in [1.82, 2.24) is 9.80 Å². The van der Waals surface area contributed by atoms with Gasteiger partial charge in [-0.1, -0.05) is 36.4 Å². The molecule has 2 aromatic carbocycles. The quantitative estimate of drug-likeness (QED) is 0.874. The van der Waals surface area contributed by atoms with Gasteiger partial charge in [-0.05, 0) is 56.8 Å². The topological polar surface area (TPSA) is 35.6 Å². The van der Waals surface area contributed by atoms with Crippen LogP contribution in [-0.4, -0.2) is 43.0 Å². The monoisotopic (exact) mass is 325 g/mol. The van der Waals surface area contributed by atoms with E-state index in [1.807, 2.05) is 75.3 Å². The highest BCUT2D eigenvalue weighted by atomic mass is 16.2. The molecular formula is C20H27N3O. The molecule has 2 rings (SSSR count). The van der Waals surface area contributed by atoms with Gasteiger partial charge in [-0.3, -0.25) is 0 Å². The number of benzene rings is 2. The second kappa shape index (κ2) is 8.50. The van der Waals surface area contributed by atoms with Crippen LogP contribution in [0.15, 0.2) is 48.5 Å². The fourth-order valence-electron chi connectivity index (χ4n) is 2.63. The van der Waals surface area contributed by atoms with Crippen LogP contribution in [0, 0.1) is 13.8 Å². The number of urea groups is 1. The normalized spacial score (nSPS) is 10.7. The molecule has 0 aliphatic rings. The molecule has 24 heavy (non-hydrogen) atoms. The Morgan fingerprint density at radius 3 is 2.17 bits per heavy atom. The van der Waals surface area contributed by atoms with Crippen LogP contribution in [0.4, 0.5) is 10.5 Å². The number of nitrogens with one attached hydrogen (secondary N) is 1. The molecule has 0 spiro atoms. The van der Waals surface area contributed by atoms with E-state index in [0.717, 1.165) is 28.9 Å². The molecule has 4 nitrogen and oxygen atoms in total. The van der Waals surface area contributed by atoms with Gasteiger partial charge in [0.1, 0.15) is 0 Å². The lowest BCUT2D eigenvalue weighted by atomic mass is 10.1. The Bertz CT molecular complexity index is 648. The SMILES string of the molecule is Cc1cc(C)cc(NC(=O)N(CCN(C)C)Cc2ccccc2)c1. The largest absolute Gasteiger partial charge is 0.322 e. The second-order valence-corrected chi connectivity index (χ2v) is 6.52. The summed E-state index contributed by atoms with van der Waals surface area (Å²) in [6.45, 7) is 6.18. The van der Waals surface area contributed by atoms with E-state index in [4.69, 9.17) is 0 Å². The zero-order chi connectivity index (χ0) is 17.5. The highest BCUT2D eigenvalue weighted by Crippen LogP contribution is 2.15. The summed E-state index contributed by atoms with van der Waals surface area (Å²) >= 11 is 0. The molecule has 0 aliphatic carbocycles. The Kier molecular flexibility index (Phi) is 6.38. The number of hydrogen-bond donors (Lipinski definition) is 1. The molecular weight excluding hydrogens is 298 g/mol. The summed E-state index contributed by atoms with van der Waals surface area (Å²) in [6, 6.07) is 16.1. The summed E-state index contributed by atoms with van der Waals surface area (Å²) in [7, 11) is 4.03. The summed E-state index contributed by atoms with van der Waals surface area (Å²) in [6.07, 6.45) is 0. The van der Waals surface area contributed by atoms with Crippen LogP contribution in [0.25, 0.3) is 0 Å². The van der Waals surface area contributed by atoms with Gasteiger partial charge in [0, 0.05) is 25.3 Å². The summed E-state index contributed by atoms with van der Waals surface area (Å²) in [5, 5.41) is 3.04. The maximum Gasteiger partial charge on any atom is 0.322 e. The van der Waals surface area contributed by atoms with Gasteiger partial charge in [0.05, 0.1) is 0 Å². The zero-order valence-corrected chi connectivity index (χ0v) is 15.0. The molecule has 0 unspecified atom stereocenters. The van der Waals surface area contributed by atoms with Crippen molar-refractivity contribution in [2.75, 3.05) is 32.5 Å². The predicted molar refractivity (Wildman–Crippen MR) is 100 cm³/mol. The Balaban J connectivity index is 2.10. The van der Waals surface area contributed by atoms with Crippen LogP contribution in [0.5, 0.6) is 0 Å². The Labute approximate surface area is 145 Å². The van der Waals surface area contributed by atoms with E-state index in [0.29, 0.717) is 13.1 Å². The molecule has 0 atom stereocenters. The molecule has 0 heterocycles. The maximum absolute atomic E-state index is 12.7. The summed E-state index contributed by atoms with van der Waals surface area (Å²) < 4.78 is 0. The van der Waals surface area contributed by atoms with E-state index in [9.17, 15) is 4.79 Å². The molecule has 128 valence electrons. The molecule has 0 radical (unpaired) electrons. The third kappa shape index (κ3) is 5.70. The summed E-state index contributed by atoms with van der Waals surface area (Å²) in [4.78, 5) is 16.7. The zero-order valence-electron chi connectivity index (χ0n) is 15.0. The van der Waals surface area contributed by atoms with Crippen LogP contribution >= 0.6 is 0 Å². The van der Waals surface area contributed by atoms with Gasteiger partial charge in [0.25, 0.3) is 0 Å². The number of carbonyl (C=O) groups excluding carboxylic acids is 1. The van der Waals surface area contributed by atoms with Crippen LogP contribution in [0.3, 0.4) is 0 Å². The van der Waals surface area contributed by atoms with E-state index in [1.54, 1.807) is 0 Å². The lowest BCUT2D eigenvalue weighted by Crippen LogP contribution is -2.39. The third-order valence-electron chi connectivity index (χ3n) is 3.79. The molecule has 0 bridgehead atoms. The van der Waals surface area contributed by atoms with Crippen LogP contribution < -0.4 is 5.32 Å². The first-order valence-electron chi connectivity index (χ1n) is 8.27. The second-order valence-electron chi connectivity index (χ2n) is 6.52. The van der Waals surface area contributed by atoms with Crippen molar-refractivity contribution in [3.63, 3.8) is 0 Å².